The number of furan rings is 1. The fourth-order valence-electron chi connectivity index (χ4n) is 2.52. The van der Waals surface area contributed by atoms with Crippen molar-refractivity contribution in [2.45, 2.75) is 26.3 Å². The van der Waals surface area contributed by atoms with Crippen LogP contribution in [0.15, 0.2) is 44.4 Å². The molecule has 0 aliphatic rings. The van der Waals surface area contributed by atoms with Crippen LogP contribution in [-0.2, 0) is 17.7 Å². The first-order chi connectivity index (χ1) is 13.1. The van der Waals surface area contributed by atoms with Crippen LogP contribution in [0.1, 0.15) is 23.3 Å². The molecule has 0 radical (unpaired) electrons. The third-order valence-corrected chi connectivity index (χ3v) is 4.36. The molecule has 1 aromatic heterocycles. The van der Waals surface area contributed by atoms with Crippen molar-refractivity contribution < 1.29 is 13.9 Å². The summed E-state index contributed by atoms with van der Waals surface area (Å²) in [6.45, 7) is 4.75. The Hall–Kier alpha value is -1.99. The van der Waals surface area contributed by atoms with Gasteiger partial charge >= 0.3 is 0 Å². The van der Waals surface area contributed by atoms with Gasteiger partial charge in [0.15, 0.2) is 10.6 Å². The Morgan fingerprint density at radius 1 is 1.19 bits per heavy atom. The molecule has 0 saturated carbocycles. The molecule has 2 rings (SSSR count). The standard InChI is InChI=1S/C20H28BrN3O3/c1-15-5-6-16(18(13-15)26-12-4-11-25-3)14-24-20(22-2)23-10-9-17-7-8-19(21)27-17/h5-8,13H,4,9-12,14H2,1-3H3,(H2,22,23,24). The molecule has 0 unspecified atom stereocenters. The lowest BCUT2D eigenvalue weighted by atomic mass is 10.1. The van der Waals surface area contributed by atoms with Gasteiger partial charge in [-0.3, -0.25) is 4.99 Å². The van der Waals surface area contributed by atoms with Gasteiger partial charge in [-0.15, -0.1) is 0 Å². The quantitative estimate of drug-likeness (QED) is 0.337. The first kappa shape index (κ1) is 21.3. The van der Waals surface area contributed by atoms with E-state index in [0.29, 0.717) is 19.8 Å². The average molecular weight is 438 g/mol. The van der Waals surface area contributed by atoms with E-state index in [-0.39, 0.29) is 0 Å². The van der Waals surface area contributed by atoms with Crippen molar-refractivity contribution in [3.63, 3.8) is 0 Å². The number of hydrogen-bond donors (Lipinski definition) is 2. The first-order valence-corrected chi connectivity index (χ1v) is 9.81. The summed E-state index contributed by atoms with van der Waals surface area (Å²) in [7, 11) is 3.46. The Balaban J connectivity index is 1.83. The van der Waals surface area contributed by atoms with Crippen LogP contribution in [0.3, 0.4) is 0 Å². The summed E-state index contributed by atoms with van der Waals surface area (Å²) in [6, 6.07) is 10.1. The number of halogens is 1. The van der Waals surface area contributed by atoms with Crippen molar-refractivity contribution in [2.24, 2.45) is 4.99 Å². The number of guanidine groups is 1. The molecule has 0 bridgehead atoms. The molecule has 6 nitrogen and oxygen atoms in total. The van der Waals surface area contributed by atoms with Gasteiger partial charge in [0.05, 0.1) is 6.61 Å². The lowest BCUT2D eigenvalue weighted by Gasteiger charge is -2.15. The summed E-state index contributed by atoms with van der Waals surface area (Å²) in [6.07, 6.45) is 1.65. The number of nitrogens with zero attached hydrogens (tertiary/aromatic N) is 1. The highest BCUT2D eigenvalue weighted by atomic mass is 79.9. The summed E-state index contributed by atoms with van der Waals surface area (Å²) in [5, 5.41) is 6.63. The zero-order valence-electron chi connectivity index (χ0n) is 16.2. The topological polar surface area (TPSA) is 68.0 Å². The van der Waals surface area contributed by atoms with Gasteiger partial charge in [-0.1, -0.05) is 12.1 Å². The monoisotopic (exact) mass is 437 g/mol. The predicted octanol–water partition coefficient (Wildman–Crippen LogP) is 3.67. The lowest BCUT2D eigenvalue weighted by Crippen LogP contribution is -2.37. The second kappa shape index (κ2) is 11.7. The van der Waals surface area contributed by atoms with E-state index in [2.05, 4.69) is 56.7 Å². The van der Waals surface area contributed by atoms with Gasteiger partial charge in [0.1, 0.15) is 11.5 Å². The molecule has 7 heteroatoms. The predicted molar refractivity (Wildman–Crippen MR) is 111 cm³/mol. The summed E-state index contributed by atoms with van der Waals surface area (Å²) in [5.41, 5.74) is 2.27. The zero-order chi connectivity index (χ0) is 19.5. The molecule has 27 heavy (non-hydrogen) atoms. The average Bonchev–Trinajstić information content (AvgIpc) is 3.08. The Kier molecular flexibility index (Phi) is 9.21. The Bertz CT molecular complexity index is 731. The van der Waals surface area contributed by atoms with Crippen molar-refractivity contribution in [3.8, 4) is 5.75 Å². The van der Waals surface area contributed by atoms with E-state index in [4.69, 9.17) is 13.9 Å². The third kappa shape index (κ3) is 7.64. The number of methoxy groups -OCH3 is 1. The van der Waals surface area contributed by atoms with Crippen LogP contribution in [0.25, 0.3) is 0 Å². The minimum absolute atomic E-state index is 0.631. The van der Waals surface area contributed by atoms with Gasteiger partial charge in [0.2, 0.25) is 0 Å². The normalized spacial score (nSPS) is 11.5. The van der Waals surface area contributed by atoms with Gasteiger partial charge in [0, 0.05) is 52.3 Å². The van der Waals surface area contributed by atoms with E-state index >= 15 is 0 Å². The van der Waals surface area contributed by atoms with E-state index in [1.54, 1.807) is 14.2 Å². The molecular weight excluding hydrogens is 410 g/mol. The first-order valence-electron chi connectivity index (χ1n) is 9.02. The summed E-state index contributed by atoms with van der Waals surface area (Å²) in [5.74, 6) is 2.57. The van der Waals surface area contributed by atoms with E-state index in [0.717, 1.165) is 47.1 Å². The zero-order valence-corrected chi connectivity index (χ0v) is 17.8. The maximum atomic E-state index is 5.93. The maximum absolute atomic E-state index is 5.93. The number of aryl methyl sites for hydroxylation is 1. The van der Waals surface area contributed by atoms with Crippen LogP contribution in [0.2, 0.25) is 0 Å². The number of nitrogens with one attached hydrogen (secondary N) is 2. The molecule has 1 heterocycles. The minimum atomic E-state index is 0.631. The van der Waals surface area contributed by atoms with Crippen molar-refractivity contribution in [1.82, 2.24) is 10.6 Å². The Morgan fingerprint density at radius 3 is 2.74 bits per heavy atom. The largest absolute Gasteiger partial charge is 0.493 e. The van der Waals surface area contributed by atoms with Crippen molar-refractivity contribution in [2.75, 3.05) is 33.9 Å². The number of aliphatic imine (C=N–C) groups is 1. The van der Waals surface area contributed by atoms with E-state index in [1.165, 1.54) is 5.56 Å². The number of ether oxygens (including phenoxy) is 2. The molecule has 0 aliphatic carbocycles. The van der Waals surface area contributed by atoms with Crippen LogP contribution in [0.4, 0.5) is 0 Å². The van der Waals surface area contributed by atoms with Crippen LogP contribution >= 0.6 is 15.9 Å². The van der Waals surface area contributed by atoms with E-state index < -0.39 is 0 Å². The number of rotatable bonds is 10. The molecule has 0 amide bonds. The fourth-order valence-corrected chi connectivity index (χ4v) is 2.86. The molecular formula is C20H28BrN3O3. The molecule has 1 aromatic carbocycles. The van der Waals surface area contributed by atoms with Crippen molar-refractivity contribution >= 4 is 21.9 Å². The van der Waals surface area contributed by atoms with E-state index in [1.807, 2.05) is 12.1 Å². The number of hydrogen-bond acceptors (Lipinski definition) is 4. The van der Waals surface area contributed by atoms with Gasteiger partial charge in [-0.25, -0.2) is 0 Å². The van der Waals surface area contributed by atoms with Gasteiger partial charge in [0.25, 0.3) is 0 Å². The highest BCUT2D eigenvalue weighted by molar-refractivity contribution is 9.10. The van der Waals surface area contributed by atoms with Crippen LogP contribution in [-0.4, -0.2) is 39.9 Å². The van der Waals surface area contributed by atoms with Gasteiger partial charge in [-0.05, 0) is 46.6 Å². The maximum Gasteiger partial charge on any atom is 0.191 e. The highest BCUT2D eigenvalue weighted by Crippen LogP contribution is 2.20. The van der Waals surface area contributed by atoms with Crippen LogP contribution in [0, 0.1) is 6.92 Å². The Labute approximate surface area is 169 Å². The molecule has 0 atom stereocenters. The summed E-state index contributed by atoms with van der Waals surface area (Å²) < 4.78 is 17.3. The van der Waals surface area contributed by atoms with Crippen molar-refractivity contribution in [1.29, 1.82) is 0 Å². The SMILES string of the molecule is CN=C(NCCc1ccc(Br)o1)NCc1ccc(C)cc1OCCCOC. The molecule has 0 aliphatic heterocycles. The van der Waals surface area contributed by atoms with E-state index in [9.17, 15) is 0 Å². The molecule has 0 fully saturated rings. The number of benzene rings is 1. The minimum Gasteiger partial charge on any atom is -0.493 e. The summed E-state index contributed by atoms with van der Waals surface area (Å²) in [4.78, 5) is 4.27. The summed E-state index contributed by atoms with van der Waals surface area (Å²) >= 11 is 3.31. The smallest absolute Gasteiger partial charge is 0.191 e. The third-order valence-electron chi connectivity index (χ3n) is 3.94. The van der Waals surface area contributed by atoms with Crippen LogP contribution < -0.4 is 15.4 Å². The molecule has 2 N–H and O–H groups in total. The molecule has 2 aromatic rings. The second-order valence-electron chi connectivity index (χ2n) is 6.11. The fraction of sp³-hybridized carbons (Fsp3) is 0.450. The lowest BCUT2D eigenvalue weighted by molar-refractivity contribution is 0.172. The second-order valence-corrected chi connectivity index (χ2v) is 6.90. The van der Waals surface area contributed by atoms with Gasteiger partial charge < -0.3 is 24.5 Å². The molecule has 0 spiro atoms. The molecule has 0 saturated heterocycles. The van der Waals surface area contributed by atoms with Crippen molar-refractivity contribution in [3.05, 3.63) is 51.9 Å². The Morgan fingerprint density at radius 2 is 2.04 bits per heavy atom. The highest BCUT2D eigenvalue weighted by Gasteiger charge is 2.06. The molecule has 148 valence electrons. The van der Waals surface area contributed by atoms with Crippen LogP contribution in [0.5, 0.6) is 5.75 Å². The van der Waals surface area contributed by atoms with Gasteiger partial charge in [-0.2, -0.15) is 0 Å².